The van der Waals surface area contributed by atoms with E-state index >= 15 is 0 Å². The van der Waals surface area contributed by atoms with Crippen molar-refractivity contribution in [2.75, 3.05) is 0 Å². The fourth-order valence-corrected chi connectivity index (χ4v) is 5.16. The normalized spacial score (nSPS) is 17.8. The number of carboxylic acid groups (broad SMARTS) is 1. The number of aromatic nitrogens is 1. The number of nitrogens with one attached hydrogen (secondary N) is 2. The predicted molar refractivity (Wildman–Crippen MR) is 141 cm³/mol. The van der Waals surface area contributed by atoms with E-state index in [1.54, 1.807) is 24.3 Å². The summed E-state index contributed by atoms with van der Waals surface area (Å²) >= 11 is 0. The number of aromatic carboxylic acids is 1. The van der Waals surface area contributed by atoms with Gasteiger partial charge in [0.1, 0.15) is 11.5 Å². The van der Waals surface area contributed by atoms with Gasteiger partial charge in [0.15, 0.2) is 0 Å². The summed E-state index contributed by atoms with van der Waals surface area (Å²) in [5, 5.41) is 23.0. The number of nitrogens with two attached hydrogens (primary N) is 2. The van der Waals surface area contributed by atoms with Gasteiger partial charge in [0.2, 0.25) is 0 Å². The Morgan fingerprint density at radius 2 is 1.72 bits per heavy atom. The molecule has 1 fully saturated rings. The van der Waals surface area contributed by atoms with Gasteiger partial charge in [-0.15, -0.1) is 0 Å². The summed E-state index contributed by atoms with van der Waals surface area (Å²) in [5.41, 5.74) is 14.8. The zero-order chi connectivity index (χ0) is 25.4. The van der Waals surface area contributed by atoms with Gasteiger partial charge in [0, 0.05) is 35.1 Å². The van der Waals surface area contributed by atoms with E-state index < -0.39 is 5.97 Å². The minimum Gasteiger partial charge on any atom is -0.478 e. The van der Waals surface area contributed by atoms with Crippen LogP contribution in [0.5, 0.6) is 0 Å². The molecule has 0 aliphatic heterocycles. The number of nitrogens with zero attached hydrogens (tertiary/aromatic N) is 1. The van der Waals surface area contributed by atoms with Gasteiger partial charge in [-0.2, -0.15) is 0 Å². The lowest BCUT2D eigenvalue weighted by Crippen LogP contribution is -2.41. The first kappa shape index (κ1) is 23.6. The molecule has 8 heteroatoms. The number of nitrogen functional groups attached to an aromatic ring is 1. The molecule has 1 aliphatic rings. The van der Waals surface area contributed by atoms with Crippen LogP contribution >= 0.6 is 0 Å². The third kappa shape index (κ3) is 4.43. The maximum absolute atomic E-state index is 13.5. The van der Waals surface area contributed by atoms with Crippen LogP contribution in [-0.2, 0) is 6.54 Å². The second-order valence-corrected chi connectivity index (χ2v) is 9.51. The van der Waals surface area contributed by atoms with Crippen molar-refractivity contribution in [3.05, 3.63) is 83.0 Å². The molecular weight excluding hydrogens is 454 g/mol. The van der Waals surface area contributed by atoms with E-state index in [1.165, 1.54) is 0 Å². The quantitative estimate of drug-likeness (QED) is 0.209. The third-order valence-corrected chi connectivity index (χ3v) is 7.13. The second kappa shape index (κ2) is 9.47. The van der Waals surface area contributed by atoms with E-state index in [1.807, 2.05) is 41.0 Å². The Balaban J connectivity index is 1.60. The summed E-state index contributed by atoms with van der Waals surface area (Å²) in [4.78, 5) is 25.3. The van der Waals surface area contributed by atoms with E-state index in [4.69, 9.17) is 16.9 Å². The molecule has 1 aromatic heterocycles. The first-order valence-electron chi connectivity index (χ1n) is 12.1. The summed E-state index contributed by atoms with van der Waals surface area (Å²) in [7, 11) is 0. The molecule has 1 heterocycles. The molecule has 5 rings (SSSR count). The number of rotatable bonds is 6. The molecule has 4 aromatic rings. The number of hydrogen-bond acceptors (Lipinski definition) is 4. The summed E-state index contributed by atoms with van der Waals surface area (Å²) in [6.45, 7) is 0.351. The van der Waals surface area contributed by atoms with Crippen LogP contribution in [0.25, 0.3) is 21.7 Å². The van der Waals surface area contributed by atoms with Gasteiger partial charge in [-0.3, -0.25) is 10.2 Å². The molecule has 1 amide bonds. The van der Waals surface area contributed by atoms with E-state index in [-0.39, 0.29) is 29.4 Å². The Morgan fingerprint density at radius 3 is 2.42 bits per heavy atom. The second-order valence-electron chi connectivity index (χ2n) is 9.51. The van der Waals surface area contributed by atoms with Crippen molar-refractivity contribution in [3.63, 3.8) is 0 Å². The standard InChI is InChI=1S/C28H29N5O3/c29-19-8-10-20(11-9-19)32-27(34)25-13-16-5-6-17(26(30)31)14-24(16)33(25)15-18-7-12-23(28(35)36)22-4-2-1-3-21(18)22/h1-7,12-14,19-20H,8-11,15,29H2,(H3,30,31)(H,32,34)(H,35,36)/t19-,20-. The van der Waals surface area contributed by atoms with Gasteiger partial charge in [-0.05, 0) is 60.2 Å². The highest BCUT2D eigenvalue weighted by Crippen LogP contribution is 2.28. The van der Waals surface area contributed by atoms with Crippen molar-refractivity contribution in [2.45, 2.75) is 44.3 Å². The van der Waals surface area contributed by atoms with Crippen LogP contribution in [0.3, 0.4) is 0 Å². The molecule has 36 heavy (non-hydrogen) atoms. The Morgan fingerprint density at radius 1 is 1.00 bits per heavy atom. The Hall–Kier alpha value is -4.17. The van der Waals surface area contributed by atoms with Crippen molar-refractivity contribution in [3.8, 4) is 0 Å². The smallest absolute Gasteiger partial charge is 0.336 e. The van der Waals surface area contributed by atoms with Crippen LogP contribution < -0.4 is 16.8 Å². The number of benzene rings is 3. The predicted octanol–water partition coefficient (Wildman–Crippen LogP) is 3.82. The molecule has 7 N–H and O–H groups in total. The molecule has 1 saturated carbocycles. The molecule has 3 aromatic carbocycles. The van der Waals surface area contributed by atoms with E-state index in [9.17, 15) is 14.7 Å². The Labute approximate surface area is 208 Å². The average molecular weight is 484 g/mol. The number of amidine groups is 1. The van der Waals surface area contributed by atoms with Crippen LogP contribution in [0.4, 0.5) is 0 Å². The Kier molecular flexibility index (Phi) is 6.20. The Bertz CT molecular complexity index is 1500. The first-order valence-corrected chi connectivity index (χ1v) is 12.1. The van der Waals surface area contributed by atoms with Crippen molar-refractivity contribution >= 4 is 39.4 Å². The molecule has 0 bridgehead atoms. The molecule has 184 valence electrons. The largest absolute Gasteiger partial charge is 0.478 e. The lowest BCUT2D eigenvalue weighted by atomic mass is 9.92. The molecular formula is C28H29N5O3. The number of carbonyl (C=O) groups excluding carboxylic acids is 1. The maximum Gasteiger partial charge on any atom is 0.336 e. The topological polar surface area (TPSA) is 147 Å². The molecule has 8 nitrogen and oxygen atoms in total. The van der Waals surface area contributed by atoms with E-state index in [0.29, 0.717) is 23.2 Å². The third-order valence-electron chi connectivity index (χ3n) is 7.13. The number of carbonyl (C=O) groups is 2. The number of fused-ring (bicyclic) bond motifs is 2. The van der Waals surface area contributed by atoms with Crippen molar-refractivity contribution in [1.29, 1.82) is 5.41 Å². The zero-order valence-corrected chi connectivity index (χ0v) is 19.8. The van der Waals surface area contributed by atoms with Crippen LogP contribution in [0, 0.1) is 5.41 Å². The maximum atomic E-state index is 13.5. The molecule has 0 spiro atoms. The van der Waals surface area contributed by atoms with Gasteiger partial charge >= 0.3 is 5.97 Å². The fraction of sp³-hybridized carbons (Fsp3) is 0.250. The van der Waals surface area contributed by atoms with Crippen molar-refractivity contribution < 1.29 is 14.7 Å². The van der Waals surface area contributed by atoms with Gasteiger partial charge in [0.05, 0.1) is 5.56 Å². The monoisotopic (exact) mass is 483 g/mol. The highest BCUT2D eigenvalue weighted by atomic mass is 16.4. The van der Waals surface area contributed by atoms with Gasteiger partial charge in [-0.25, -0.2) is 4.79 Å². The van der Waals surface area contributed by atoms with Gasteiger partial charge < -0.3 is 26.5 Å². The number of hydrogen-bond donors (Lipinski definition) is 5. The van der Waals surface area contributed by atoms with E-state index in [0.717, 1.165) is 47.5 Å². The van der Waals surface area contributed by atoms with Crippen molar-refractivity contribution in [2.24, 2.45) is 11.5 Å². The highest BCUT2D eigenvalue weighted by Gasteiger charge is 2.24. The minimum atomic E-state index is -0.984. The minimum absolute atomic E-state index is 0.0505. The lowest BCUT2D eigenvalue weighted by molar-refractivity contribution is 0.0698. The summed E-state index contributed by atoms with van der Waals surface area (Å²) in [5.74, 6) is -1.20. The van der Waals surface area contributed by atoms with Crippen molar-refractivity contribution in [1.82, 2.24) is 9.88 Å². The van der Waals surface area contributed by atoms with Crippen LogP contribution in [0.15, 0.2) is 60.7 Å². The fourth-order valence-electron chi connectivity index (χ4n) is 5.16. The molecule has 0 saturated heterocycles. The highest BCUT2D eigenvalue weighted by molar-refractivity contribution is 6.05. The molecule has 1 aliphatic carbocycles. The first-order chi connectivity index (χ1) is 17.3. The van der Waals surface area contributed by atoms with Crippen LogP contribution in [0.1, 0.15) is 57.7 Å². The average Bonchev–Trinajstić information content (AvgIpc) is 3.23. The molecule has 0 radical (unpaired) electrons. The van der Waals surface area contributed by atoms with Gasteiger partial charge in [0.25, 0.3) is 5.91 Å². The number of amides is 1. The summed E-state index contributed by atoms with van der Waals surface area (Å²) < 4.78 is 1.92. The summed E-state index contributed by atoms with van der Waals surface area (Å²) in [6.07, 6.45) is 3.47. The molecule has 0 atom stereocenters. The zero-order valence-electron chi connectivity index (χ0n) is 19.8. The SMILES string of the molecule is N=C(N)c1ccc2cc(C(=O)N[C@H]3CC[C@H](N)CC3)n(Cc3ccc(C(=O)O)c4ccccc34)c2c1. The van der Waals surface area contributed by atoms with Crippen LogP contribution in [-0.4, -0.2) is 39.5 Å². The lowest BCUT2D eigenvalue weighted by Gasteiger charge is -2.27. The number of carboxylic acids is 1. The summed E-state index contributed by atoms with van der Waals surface area (Å²) in [6, 6.07) is 18.4. The van der Waals surface area contributed by atoms with Gasteiger partial charge in [-0.1, -0.05) is 42.5 Å². The van der Waals surface area contributed by atoms with Crippen LogP contribution in [0.2, 0.25) is 0 Å². The van der Waals surface area contributed by atoms with E-state index in [2.05, 4.69) is 5.32 Å². The molecule has 0 unspecified atom stereocenters.